The summed E-state index contributed by atoms with van der Waals surface area (Å²) in [4.78, 5) is 10.8. The Hall–Kier alpha value is -2.30. The van der Waals surface area contributed by atoms with E-state index in [0.717, 1.165) is 34.9 Å². The van der Waals surface area contributed by atoms with Crippen molar-refractivity contribution in [3.8, 4) is 5.75 Å². The number of hydrogen-bond acceptors (Lipinski definition) is 2. The first-order chi connectivity index (χ1) is 14.9. The second kappa shape index (κ2) is 9.46. The summed E-state index contributed by atoms with van der Waals surface area (Å²) >= 11 is 12.9. The van der Waals surface area contributed by atoms with Crippen LogP contribution < -0.4 is 4.74 Å². The van der Waals surface area contributed by atoms with Crippen LogP contribution in [0.3, 0.4) is 0 Å². The SMILES string of the molecule is O=C(O)CCc1ccc([C@H]2CCC(Cl)[C@@H]2COc2ccc(Cl)c3ccccc23)cc1F. The predicted molar refractivity (Wildman–Crippen MR) is 122 cm³/mol. The lowest BCUT2D eigenvalue weighted by molar-refractivity contribution is -0.136. The molecule has 4 rings (SSSR count). The number of halogens is 3. The third kappa shape index (κ3) is 4.81. The van der Waals surface area contributed by atoms with Gasteiger partial charge in [-0.3, -0.25) is 4.79 Å². The maximum atomic E-state index is 14.6. The number of benzene rings is 3. The summed E-state index contributed by atoms with van der Waals surface area (Å²) in [5.74, 6) is -0.412. The van der Waals surface area contributed by atoms with Gasteiger partial charge in [0.2, 0.25) is 0 Å². The zero-order valence-corrected chi connectivity index (χ0v) is 18.4. The smallest absolute Gasteiger partial charge is 0.303 e. The number of carboxylic acids is 1. The van der Waals surface area contributed by atoms with E-state index in [1.807, 2.05) is 42.5 Å². The van der Waals surface area contributed by atoms with Crippen molar-refractivity contribution in [3.05, 3.63) is 76.6 Å². The van der Waals surface area contributed by atoms with E-state index in [-0.39, 0.29) is 35.9 Å². The molecule has 0 amide bonds. The van der Waals surface area contributed by atoms with Gasteiger partial charge < -0.3 is 9.84 Å². The molecule has 1 fully saturated rings. The monoisotopic (exact) mass is 460 g/mol. The largest absolute Gasteiger partial charge is 0.493 e. The van der Waals surface area contributed by atoms with Crippen molar-refractivity contribution in [2.45, 2.75) is 37.0 Å². The van der Waals surface area contributed by atoms with Gasteiger partial charge in [-0.2, -0.15) is 0 Å². The van der Waals surface area contributed by atoms with Gasteiger partial charge in [-0.1, -0.05) is 48.0 Å². The third-order valence-electron chi connectivity index (χ3n) is 6.11. The van der Waals surface area contributed by atoms with Crippen LogP contribution >= 0.6 is 23.2 Å². The Morgan fingerprint density at radius 2 is 1.87 bits per heavy atom. The van der Waals surface area contributed by atoms with E-state index in [1.54, 1.807) is 6.07 Å². The highest BCUT2D eigenvalue weighted by molar-refractivity contribution is 6.35. The number of carbonyl (C=O) groups is 1. The third-order valence-corrected chi connectivity index (χ3v) is 6.98. The van der Waals surface area contributed by atoms with Crippen molar-refractivity contribution in [2.24, 2.45) is 5.92 Å². The normalized spacial score (nSPS) is 20.8. The molecule has 3 nitrogen and oxygen atoms in total. The highest BCUT2D eigenvalue weighted by Crippen LogP contribution is 2.43. The molecule has 0 spiro atoms. The summed E-state index contributed by atoms with van der Waals surface area (Å²) in [6, 6.07) is 16.6. The maximum Gasteiger partial charge on any atom is 0.303 e. The fourth-order valence-electron chi connectivity index (χ4n) is 4.44. The molecule has 1 aliphatic rings. The molecule has 0 bridgehead atoms. The van der Waals surface area contributed by atoms with E-state index in [9.17, 15) is 9.18 Å². The van der Waals surface area contributed by atoms with Gasteiger partial charge in [0, 0.05) is 33.5 Å². The van der Waals surface area contributed by atoms with Crippen molar-refractivity contribution in [3.63, 3.8) is 0 Å². The van der Waals surface area contributed by atoms with Crippen LogP contribution in [0.4, 0.5) is 4.39 Å². The van der Waals surface area contributed by atoms with E-state index in [4.69, 9.17) is 33.0 Å². The van der Waals surface area contributed by atoms with Crippen molar-refractivity contribution in [2.75, 3.05) is 6.61 Å². The van der Waals surface area contributed by atoms with Crippen molar-refractivity contribution >= 4 is 39.9 Å². The van der Waals surface area contributed by atoms with Gasteiger partial charge in [0.1, 0.15) is 11.6 Å². The minimum absolute atomic E-state index is 0.0420. The Morgan fingerprint density at radius 1 is 1.10 bits per heavy atom. The van der Waals surface area contributed by atoms with Crippen LogP contribution in [0.25, 0.3) is 10.8 Å². The van der Waals surface area contributed by atoms with Crippen molar-refractivity contribution in [1.82, 2.24) is 0 Å². The lowest BCUT2D eigenvalue weighted by atomic mass is 9.88. The Labute approximate surface area is 190 Å². The quantitative estimate of drug-likeness (QED) is 0.393. The molecule has 162 valence electrons. The number of aliphatic carboxylic acids is 1. The van der Waals surface area contributed by atoms with E-state index in [0.29, 0.717) is 17.2 Å². The van der Waals surface area contributed by atoms with Crippen LogP contribution in [-0.4, -0.2) is 23.1 Å². The van der Waals surface area contributed by atoms with Crippen LogP contribution in [-0.2, 0) is 11.2 Å². The summed E-state index contributed by atoms with van der Waals surface area (Å²) in [5, 5.41) is 11.3. The Morgan fingerprint density at radius 3 is 2.61 bits per heavy atom. The van der Waals surface area contributed by atoms with Crippen molar-refractivity contribution in [1.29, 1.82) is 0 Å². The van der Waals surface area contributed by atoms with E-state index < -0.39 is 5.97 Å². The molecule has 0 heterocycles. The van der Waals surface area contributed by atoms with Gasteiger partial charge in [0.05, 0.1) is 6.61 Å². The minimum Gasteiger partial charge on any atom is -0.493 e. The number of rotatable bonds is 7. The fourth-order valence-corrected chi connectivity index (χ4v) is 5.04. The van der Waals surface area contributed by atoms with Gasteiger partial charge in [-0.15, -0.1) is 11.6 Å². The van der Waals surface area contributed by atoms with Gasteiger partial charge >= 0.3 is 5.97 Å². The van der Waals surface area contributed by atoms with Crippen LogP contribution in [0, 0.1) is 11.7 Å². The molecule has 3 atom stereocenters. The topological polar surface area (TPSA) is 46.5 Å². The number of alkyl halides is 1. The van der Waals surface area contributed by atoms with E-state index in [2.05, 4.69) is 0 Å². The van der Waals surface area contributed by atoms with Crippen LogP contribution in [0.15, 0.2) is 54.6 Å². The average molecular weight is 461 g/mol. The standard InChI is InChI=1S/C25H23Cl2FO3/c26-21-10-11-24(19-4-2-1-3-18(19)21)31-14-20-17(8-9-22(20)27)16-6-5-15(23(28)13-16)7-12-25(29)30/h1-6,10-11,13,17,20,22H,7-9,12,14H2,(H,29,30)/t17-,20-,22?/m1/s1. The molecule has 31 heavy (non-hydrogen) atoms. The number of aryl methyl sites for hydroxylation is 1. The summed E-state index contributed by atoms with van der Waals surface area (Å²) in [6.07, 6.45) is 1.79. The average Bonchev–Trinajstić information content (AvgIpc) is 3.13. The molecule has 3 aromatic carbocycles. The van der Waals surface area contributed by atoms with Crippen molar-refractivity contribution < 1.29 is 19.0 Å². The molecule has 1 N–H and O–H groups in total. The zero-order chi connectivity index (χ0) is 22.0. The molecule has 1 saturated carbocycles. The highest BCUT2D eigenvalue weighted by atomic mass is 35.5. The predicted octanol–water partition coefficient (Wildman–Crippen LogP) is 6.83. The lowest BCUT2D eigenvalue weighted by Gasteiger charge is -2.23. The van der Waals surface area contributed by atoms with Crippen LogP contribution in [0.5, 0.6) is 5.75 Å². The Kier molecular flexibility index (Phi) is 6.68. The molecule has 0 radical (unpaired) electrons. The first-order valence-corrected chi connectivity index (χ1v) is 11.2. The summed E-state index contributed by atoms with van der Waals surface area (Å²) in [5.41, 5.74) is 1.31. The van der Waals surface area contributed by atoms with Crippen LogP contribution in [0.1, 0.15) is 36.3 Å². The molecular weight excluding hydrogens is 438 g/mol. The maximum absolute atomic E-state index is 14.6. The molecule has 6 heteroatoms. The van der Waals surface area contributed by atoms with Gasteiger partial charge in [0.25, 0.3) is 0 Å². The summed E-state index contributed by atoms with van der Waals surface area (Å²) < 4.78 is 20.8. The Bertz CT molecular complexity index is 1100. The molecule has 1 unspecified atom stereocenters. The summed E-state index contributed by atoms with van der Waals surface area (Å²) in [6.45, 7) is 0.423. The molecular formula is C25H23Cl2FO3. The number of hydrogen-bond donors (Lipinski definition) is 1. The number of ether oxygens (including phenoxy) is 1. The fraction of sp³-hybridized carbons (Fsp3) is 0.320. The van der Waals surface area contributed by atoms with Gasteiger partial charge in [-0.05, 0) is 54.5 Å². The highest BCUT2D eigenvalue weighted by Gasteiger charge is 2.36. The lowest BCUT2D eigenvalue weighted by Crippen LogP contribution is -2.22. The second-order valence-corrected chi connectivity index (χ2v) is 8.98. The van der Waals surface area contributed by atoms with Crippen LogP contribution in [0.2, 0.25) is 5.02 Å². The zero-order valence-electron chi connectivity index (χ0n) is 16.9. The molecule has 0 saturated heterocycles. The van der Waals surface area contributed by atoms with Gasteiger partial charge in [0.15, 0.2) is 0 Å². The first kappa shape index (κ1) is 21.9. The molecule has 0 aromatic heterocycles. The van der Waals surface area contributed by atoms with E-state index >= 15 is 0 Å². The molecule has 0 aliphatic heterocycles. The van der Waals surface area contributed by atoms with Gasteiger partial charge in [-0.25, -0.2) is 4.39 Å². The molecule has 1 aliphatic carbocycles. The minimum atomic E-state index is -0.934. The Balaban J connectivity index is 1.52. The second-order valence-electron chi connectivity index (χ2n) is 8.01. The number of carboxylic acid groups (broad SMARTS) is 1. The molecule has 3 aromatic rings. The first-order valence-electron chi connectivity index (χ1n) is 10.4. The van der Waals surface area contributed by atoms with E-state index in [1.165, 1.54) is 6.07 Å². The summed E-state index contributed by atoms with van der Waals surface area (Å²) in [7, 11) is 0. The number of fused-ring (bicyclic) bond motifs is 1.